The monoisotopic (exact) mass is 295 g/mol. The summed E-state index contributed by atoms with van der Waals surface area (Å²) in [5.41, 5.74) is 5.87. The van der Waals surface area contributed by atoms with E-state index in [4.69, 9.17) is 15.2 Å². The van der Waals surface area contributed by atoms with Gasteiger partial charge < -0.3 is 20.5 Å². The fourth-order valence-electron chi connectivity index (χ4n) is 2.38. The lowest BCUT2D eigenvalue weighted by molar-refractivity contribution is -0.384. The van der Waals surface area contributed by atoms with Crippen LogP contribution in [0.1, 0.15) is 26.7 Å². The first-order valence-corrected chi connectivity index (χ1v) is 7.11. The predicted octanol–water partition coefficient (Wildman–Crippen LogP) is 2.30. The van der Waals surface area contributed by atoms with Crippen LogP contribution < -0.4 is 20.5 Å². The Morgan fingerprint density at radius 1 is 1.29 bits per heavy atom. The number of fused-ring (bicyclic) bond motifs is 1. The van der Waals surface area contributed by atoms with Crippen LogP contribution in [0.5, 0.6) is 11.5 Å². The van der Waals surface area contributed by atoms with Crippen LogP contribution >= 0.6 is 0 Å². The van der Waals surface area contributed by atoms with Crippen molar-refractivity contribution in [3.05, 3.63) is 22.2 Å². The zero-order valence-electron chi connectivity index (χ0n) is 12.3. The standard InChI is InChI=1S/C14H21N3O4/c1-3-14(4-2,9-15)16-10-7-12-13(21-6-5-20-12)8-11(10)17(18)19/h7-8,16H,3-6,9,15H2,1-2H3. The van der Waals surface area contributed by atoms with E-state index in [1.54, 1.807) is 6.07 Å². The molecule has 1 aliphatic heterocycles. The summed E-state index contributed by atoms with van der Waals surface area (Å²) in [6.07, 6.45) is 1.54. The predicted molar refractivity (Wildman–Crippen MR) is 80.1 cm³/mol. The Kier molecular flexibility index (Phi) is 4.52. The van der Waals surface area contributed by atoms with Crippen molar-refractivity contribution in [2.45, 2.75) is 32.2 Å². The van der Waals surface area contributed by atoms with Crippen LogP contribution in [-0.4, -0.2) is 30.2 Å². The van der Waals surface area contributed by atoms with E-state index in [9.17, 15) is 10.1 Å². The molecule has 0 fully saturated rings. The molecule has 0 aromatic heterocycles. The Morgan fingerprint density at radius 2 is 1.86 bits per heavy atom. The van der Waals surface area contributed by atoms with E-state index in [0.717, 1.165) is 12.8 Å². The third-order valence-electron chi connectivity index (χ3n) is 4.00. The first-order valence-electron chi connectivity index (χ1n) is 7.11. The third-order valence-corrected chi connectivity index (χ3v) is 4.00. The fourth-order valence-corrected chi connectivity index (χ4v) is 2.38. The van der Waals surface area contributed by atoms with Crippen molar-refractivity contribution < 1.29 is 14.4 Å². The average Bonchev–Trinajstić information content (AvgIpc) is 2.51. The highest BCUT2D eigenvalue weighted by molar-refractivity contribution is 5.69. The molecule has 7 heteroatoms. The number of nitrogens with two attached hydrogens (primary N) is 1. The van der Waals surface area contributed by atoms with Crippen LogP contribution in [0.4, 0.5) is 11.4 Å². The van der Waals surface area contributed by atoms with Gasteiger partial charge in [-0.2, -0.15) is 0 Å². The van der Waals surface area contributed by atoms with Crippen LogP contribution in [0.25, 0.3) is 0 Å². The van der Waals surface area contributed by atoms with Gasteiger partial charge in [-0.25, -0.2) is 0 Å². The van der Waals surface area contributed by atoms with Crippen molar-refractivity contribution in [2.24, 2.45) is 5.73 Å². The maximum Gasteiger partial charge on any atom is 0.296 e. The first kappa shape index (κ1) is 15.4. The van der Waals surface area contributed by atoms with Crippen molar-refractivity contribution in [1.82, 2.24) is 0 Å². The average molecular weight is 295 g/mol. The molecule has 0 unspecified atom stereocenters. The third kappa shape index (κ3) is 3.02. The summed E-state index contributed by atoms with van der Waals surface area (Å²) < 4.78 is 10.9. The SMILES string of the molecule is CCC(CC)(CN)Nc1cc2c(cc1[N+](=O)[O-])OCCO2. The molecule has 0 spiro atoms. The largest absolute Gasteiger partial charge is 0.486 e. The molecule has 116 valence electrons. The summed E-state index contributed by atoms with van der Waals surface area (Å²) in [5, 5.41) is 14.5. The molecule has 3 N–H and O–H groups in total. The van der Waals surface area contributed by atoms with Gasteiger partial charge in [0.05, 0.1) is 11.0 Å². The van der Waals surface area contributed by atoms with E-state index >= 15 is 0 Å². The van der Waals surface area contributed by atoms with Gasteiger partial charge in [0.1, 0.15) is 18.9 Å². The van der Waals surface area contributed by atoms with Crippen LogP contribution in [0, 0.1) is 10.1 Å². The zero-order chi connectivity index (χ0) is 15.5. The molecule has 0 saturated heterocycles. The van der Waals surface area contributed by atoms with Crippen LogP contribution in [0.3, 0.4) is 0 Å². The molecule has 0 aliphatic carbocycles. The second-order valence-corrected chi connectivity index (χ2v) is 5.09. The van der Waals surface area contributed by atoms with E-state index < -0.39 is 4.92 Å². The summed E-state index contributed by atoms with van der Waals surface area (Å²) in [4.78, 5) is 10.9. The Hall–Kier alpha value is -2.02. The normalized spacial score (nSPS) is 13.9. The molecular weight excluding hydrogens is 274 g/mol. The second kappa shape index (κ2) is 6.17. The number of anilines is 1. The maximum absolute atomic E-state index is 11.3. The lowest BCUT2D eigenvalue weighted by Gasteiger charge is -2.32. The number of nitro benzene ring substituents is 1. The molecule has 7 nitrogen and oxygen atoms in total. The number of nitrogens with one attached hydrogen (secondary N) is 1. The zero-order valence-corrected chi connectivity index (χ0v) is 12.3. The second-order valence-electron chi connectivity index (χ2n) is 5.09. The summed E-state index contributed by atoms with van der Waals surface area (Å²) in [7, 11) is 0. The highest BCUT2D eigenvalue weighted by atomic mass is 16.6. The van der Waals surface area contributed by atoms with Gasteiger partial charge in [-0.3, -0.25) is 10.1 Å². The Labute approximate surface area is 123 Å². The van der Waals surface area contributed by atoms with Gasteiger partial charge in [0.2, 0.25) is 0 Å². The molecule has 0 bridgehead atoms. The minimum absolute atomic E-state index is 0.0287. The van der Waals surface area contributed by atoms with E-state index in [0.29, 0.717) is 36.9 Å². The van der Waals surface area contributed by atoms with E-state index in [1.807, 2.05) is 13.8 Å². The van der Waals surface area contributed by atoms with Crippen LogP contribution in [-0.2, 0) is 0 Å². The van der Waals surface area contributed by atoms with Crippen LogP contribution in [0.2, 0.25) is 0 Å². The van der Waals surface area contributed by atoms with Crippen molar-refractivity contribution >= 4 is 11.4 Å². The number of benzene rings is 1. The molecule has 0 atom stereocenters. The molecule has 0 amide bonds. The minimum atomic E-state index is -0.423. The van der Waals surface area contributed by atoms with Gasteiger partial charge in [0.25, 0.3) is 5.69 Å². The molecule has 1 aromatic rings. The molecule has 0 saturated carbocycles. The lowest BCUT2D eigenvalue weighted by atomic mass is 9.92. The van der Waals surface area contributed by atoms with Crippen LogP contribution in [0.15, 0.2) is 12.1 Å². The van der Waals surface area contributed by atoms with Crippen molar-refractivity contribution in [2.75, 3.05) is 25.1 Å². The molecule has 21 heavy (non-hydrogen) atoms. The summed E-state index contributed by atoms with van der Waals surface area (Å²) in [6.45, 7) is 5.24. The molecule has 1 heterocycles. The molecule has 1 aliphatic rings. The number of nitrogens with zero attached hydrogens (tertiary/aromatic N) is 1. The topological polar surface area (TPSA) is 99.7 Å². The van der Waals surface area contributed by atoms with Crippen molar-refractivity contribution in [3.63, 3.8) is 0 Å². The Balaban J connectivity index is 2.43. The summed E-state index contributed by atoms with van der Waals surface area (Å²) in [5.74, 6) is 0.928. The molecule has 1 aromatic carbocycles. The fraction of sp³-hybridized carbons (Fsp3) is 0.571. The van der Waals surface area contributed by atoms with Crippen molar-refractivity contribution in [3.8, 4) is 11.5 Å². The van der Waals surface area contributed by atoms with Gasteiger partial charge in [0, 0.05) is 18.2 Å². The van der Waals surface area contributed by atoms with Gasteiger partial charge in [-0.1, -0.05) is 13.8 Å². The minimum Gasteiger partial charge on any atom is -0.486 e. The number of nitro groups is 1. The van der Waals surface area contributed by atoms with Gasteiger partial charge >= 0.3 is 0 Å². The number of rotatable bonds is 6. The number of hydrogen-bond acceptors (Lipinski definition) is 6. The number of ether oxygens (including phenoxy) is 2. The molecule has 0 radical (unpaired) electrons. The lowest BCUT2D eigenvalue weighted by Crippen LogP contribution is -2.44. The Morgan fingerprint density at radius 3 is 2.33 bits per heavy atom. The van der Waals surface area contributed by atoms with E-state index in [-0.39, 0.29) is 11.2 Å². The van der Waals surface area contributed by atoms with Gasteiger partial charge in [0.15, 0.2) is 11.5 Å². The smallest absolute Gasteiger partial charge is 0.296 e. The summed E-state index contributed by atoms with van der Waals surface area (Å²) >= 11 is 0. The van der Waals surface area contributed by atoms with E-state index in [2.05, 4.69) is 5.32 Å². The van der Waals surface area contributed by atoms with Gasteiger partial charge in [-0.05, 0) is 12.8 Å². The van der Waals surface area contributed by atoms with Crippen molar-refractivity contribution in [1.29, 1.82) is 0 Å². The maximum atomic E-state index is 11.3. The first-order chi connectivity index (χ1) is 10.0. The van der Waals surface area contributed by atoms with Gasteiger partial charge in [-0.15, -0.1) is 0 Å². The number of hydrogen-bond donors (Lipinski definition) is 2. The molecular formula is C14H21N3O4. The molecule has 2 rings (SSSR count). The Bertz CT molecular complexity index is 521. The van der Waals surface area contributed by atoms with E-state index in [1.165, 1.54) is 6.07 Å². The highest BCUT2D eigenvalue weighted by Gasteiger charge is 2.29. The quantitative estimate of drug-likeness (QED) is 0.617. The highest BCUT2D eigenvalue weighted by Crippen LogP contribution is 2.40. The summed E-state index contributed by atoms with van der Waals surface area (Å²) in [6, 6.07) is 3.03.